The number of carbonyl (C=O) groups is 2. The molecule has 0 aromatic heterocycles. The van der Waals surface area contributed by atoms with Crippen LogP contribution in [0.5, 0.6) is 17.2 Å². The lowest BCUT2D eigenvalue weighted by Gasteiger charge is -2.18. The van der Waals surface area contributed by atoms with Gasteiger partial charge in [-0.2, -0.15) is 0 Å². The van der Waals surface area contributed by atoms with E-state index in [0.29, 0.717) is 17.5 Å². The molecule has 0 aliphatic heterocycles. The zero-order chi connectivity index (χ0) is 19.4. The fourth-order valence-corrected chi connectivity index (χ4v) is 2.13. The Morgan fingerprint density at radius 1 is 0.960 bits per heavy atom. The molecule has 1 rings (SSSR count). The van der Waals surface area contributed by atoms with Crippen LogP contribution in [0.15, 0.2) is 12.1 Å². The second kappa shape index (κ2) is 12.0. The zero-order valence-corrected chi connectivity index (χ0v) is 15.3. The molecule has 0 bridgehead atoms. The molecular formula is C17H27NO7. The van der Waals surface area contributed by atoms with E-state index in [9.17, 15) is 0 Å². The van der Waals surface area contributed by atoms with Crippen LogP contribution in [0.25, 0.3) is 0 Å². The van der Waals surface area contributed by atoms with Crippen LogP contribution < -0.4 is 19.5 Å². The van der Waals surface area contributed by atoms with Gasteiger partial charge in [0.25, 0.3) is 0 Å². The standard InChI is InChI=1S/C15H25NO3.C2H2O4/c1-6-12(7-2)16-10-11-8-9-13(17-3)15(19-5)14(11)18-4;3-1(4)2(5)6/h8-9,12,16H,6-7,10H2,1-5H3;(H,3,4)(H,5,6). The summed E-state index contributed by atoms with van der Waals surface area (Å²) in [5, 5.41) is 18.3. The monoisotopic (exact) mass is 357 g/mol. The van der Waals surface area contributed by atoms with Gasteiger partial charge < -0.3 is 29.7 Å². The van der Waals surface area contributed by atoms with Gasteiger partial charge in [0.15, 0.2) is 11.5 Å². The molecule has 1 aromatic rings. The van der Waals surface area contributed by atoms with Gasteiger partial charge in [0, 0.05) is 18.2 Å². The topological polar surface area (TPSA) is 114 Å². The van der Waals surface area contributed by atoms with Crippen molar-refractivity contribution in [1.82, 2.24) is 5.32 Å². The van der Waals surface area contributed by atoms with Gasteiger partial charge in [-0.3, -0.25) is 0 Å². The number of hydrogen-bond donors (Lipinski definition) is 3. The van der Waals surface area contributed by atoms with E-state index in [-0.39, 0.29) is 0 Å². The van der Waals surface area contributed by atoms with E-state index in [4.69, 9.17) is 34.0 Å². The van der Waals surface area contributed by atoms with Crippen LogP contribution in [0.2, 0.25) is 0 Å². The quantitative estimate of drug-likeness (QED) is 0.606. The van der Waals surface area contributed by atoms with Gasteiger partial charge in [-0.1, -0.05) is 19.9 Å². The second-order valence-electron chi connectivity index (χ2n) is 5.00. The summed E-state index contributed by atoms with van der Waals surface area (Å²) in [6, 6.07) is 4.44. The van der Waals surface area contributed by atoms with E-state index < -0.39 is 11.9 Å². The SMILES string of the molecule is CCC(CC)NCc1ccc(OC)c(OC)c1OC.O=C(O)C(=O)O. The van der Waals surface area contributed by atoms with Crippen molar-refractivity contribution in [3.63, 3.8) is 0 Å². The summed E-state index contributed by atoms with van der Waals surface area (Å²) in [5.74, 6) is -1.58. The molecule has 0 atom stereocenters. The summed E-state index contributed by atoms with van der Waals surface area (Å²) < 4.78 is 16.1. The maximum absolute atomic E-state index is 9.10. The summed E-state index contributed by atoms with van der Waals surface area (Å²) in [6.07, 6.45) is 2.23. The Balaban J connectivity index is 0.000000823. The maximum atomic E-state index is 9.10. The van der Waals surface area contributed by atoms with Gasteiger partial charge >= 0.3 is 11.9 Å². The number of carboxylic acid groups (broad SMARTS) is 2. The number of aliphatic carboxylic acids is 2. The lowest BCUT2D eigenvalue weighted by molar-refractivity contribution is -0.159. The Morgan fingerprint density at radius 2 is 1.48 bits per heavy atom. The second-order valence-corrected chi connectivity index (χ2v) is 5.00. The minimum Gasteiger partial charge on any atom is -0.493 e. The molecule has 3 N–H and O–H groups in total. The molecular weight excluding hydrogens is 330 g/mol. The number of ether oxygens (including phenoxy) is 3. The van der Waals surface area contributed by atoms with E-state index in [1.807, 2.05) is 12.1 Å². The van der Waals surface area contributed by atoms with Crippen LogP contribution >= 0.6 is 0 Å². The summed E-state index contributed by atoms with van der Waals surface area (Å²) in [7, 11) is 4.90. The first kappa shape index (κ1) is 22.5. The molecule has 0 aliphatic carbocycles. The highest BCUT2D eigenvalue weighted by Gasteiger charge is 2.16. The molecule has 0 unspecified atom stereocenters. The van der Waals surface area contributed by atoms with Crippen molar-refractivity contribution in [1.29, 1.82) is 0 Å². The van der Waals surface area contributed by atoms with E-state index >= 15 is 0 Å². The number of rotatable bonds is 8. The third kappa shape index (κ3) is 7.30. The average Bonchev–Trinajstić information content (AvgIpc) is 2.61. The lowest BCUT2D eigenvalue weighted by atomic mass is 10.1. The smallest absolute Gasteiger partial charge is 0.414 e. The van der Waals surface area contributed by atoms with Crippen molar-refractivity contribution in [3.05, 3.63) is 17.7 Å². The lowest BCUT2D eigenvalue weighted by Crippen LogP contribution is -2.27. The molecule has 1 aromatic carbocycles. The van der Waals surface area contributed by atoms with Crippen LogP contribution in [0.4, 0.5) is 0 Å². The highest BCUT2D eigenvalue weighted by molar-refractivity contribution is 6.27. The molecule has 0 heterocycles. The number of benzene rings is 1. The molecule has 8 heteroatoms. The van der Waals surface area contributed by atoms with Crippen molar-refractivity contribution in [2.75, 3.05) is 21.3 Å². The predicted molar refractivity (Wildman–Crippen MR) is 92.6 cm³/mol. The zero-order valence-electron chi connectivity index (χ0n) is 15.3. The Morgan fingerprint density at radius 3 is 1.84 bits per heavy atom. The van der Waals surface area contributed by atoms with Crippen LogP contribution in [0.3, 0.4) is 0 Å². The van der Waals surface area contributed by atoms with Gasteiger partial charge in [0.05, 0.1) is 21.3 Å². The summed E-state index contributed by atoms with van der Waals surface area (Å²) in [4.78, 5) is 18.2. The fraction of sp³-hybridized carbons (Fsp3) is 0.529. The Kier molecular flexibility index (Phi) is 10.8. The van der Waals surface area contributed by atoms with Gasteiger partial charge in [0.1, 0.15) is 0 Å². The van der Waals surface area contributed by atoms with Gasteiger partial charge in [-0.05, 0) is 18.9 Å². The molecule has 8 nitrogen and oxygen atoms in total. The van der Waals surface area contributed by atoms with E-state index in [1.54, 1.807) is 21.3 Å². The Labute approximate surface area is 147 Å². The number of methoxy groups -OCH3 is 3. The van der Waals surface area contributed by atoms with Crippen LogP contribution in [0, 0.1) is 0 Å². The summed E-state index contributed by atoms with van der Waals surface area (Å²) in [5.41, 5.74) is 1.08. The molecule has 0 radical (unpaired) electrons. The normalized spacial score (nSPS) is 9.84. The third-order valence-corrected chi connectivity index (χ3v) is 3.54. The molecule has 0 spiro atoms. The predicted octanol–water partition coefficient (Wildman–Crippen LogP) is 2.15. The van der Waals surface area contributed by atoms with E-state index in [0.717, 1.165) is 30.7 Å². The van der Waals surface area contributed by atoms with Gasteiger partial charge in [-0.15, -0.1) is 0 Å². The first-order valence-electron chi connectivity index (χ1n) is 7.83. The number of hydrogen-bond acceptors (Lipinski definition) is 6. The van der Waals surface area contributed by atoms with Crippen molar-refractivity contribution >= 4 is 11.9 Å². The minimum atomic E-state index is -1.82. The largest absolute Gasteiger partial charge is 0.493 e. The molecule has 0 saturated carbocycles. The number of nitrogens with one attached hydrogen (secondary N) is 1. The van der Waals surface area contributed by atoms with Crippen molar-refractivity contribution < 1.29 is 34.0 Å². The fourth-order valence-electron chi connectivity index (χ4n) is 2.13. The van der Waals surface area contributed by atoms with E-state index in [2.05, 4.69) is 19.2 Å². The molecule has 25 heavy (non-hydrogen) atoms. The average molecular weight is 357 g/mol. The summed E-state index contributed by atoms with van der Waals surface area (Å²) in [6.45, 7) is 5.13. The number of carboxylic acids is 2. The van der Waals surface area contributed by atoms with E-state index in [1.165, 1.54) is 0 Å². The van der Waals surface area contributed by atoms with Crippen molar-refractivity contribution in [2.24, 2.45) is 0 Å². The molecule has 0 fully saturated rings. The highest BCUT2D eigenvalue weighted by atomic mass is 16.5. The van der Waals surface area contributed by atoms with Crippen molar-refractivity contribution in [3.8, 4) is 17.2 Å². The van der Waals surface area contributed by atoms with Gasteiger partial charge in [0.2, 0.25) is 5.75 Å². The van der Waals surface area contributed by atoms with Crippen LogP contribution in [-0.2, 0) is 16.1 Å². The third-order valence-electron chi connectivity index (χ3n) is 3.54. The molecule has 0 saturated heterocycles. The molecule has 0 aliphatic rings. The minimum absolute atomic E-state index is 0.526. The Bertz CT molecular complexity index is 544. The van der Waals surface area contributed by atoms with Crippen LogP contribution in [0.1, 0.15) is 32.3 Å². The highest BCUT2D eigenvalue weighted by Crippen LogP contribution is 2.39. The first-order chi connectivity index (χ1) is 11.9. The van der Waals surface area contributed by atoms with Crippen molar-refractivity contribution in [2.45, 2.75) is 39.3 Å². The first-order valence-corrected chi connectivity index (χ1v) is 7.83. The van der Waals surface area contributed by atoms with Crippen LogP contribution in [-0.4, -0.2) is 49.5 Å². The van der Waals surface area contributed by atoms with Gasteiger partial charge in [-0.25, -0.2) is 9.59 Å². The molecule has 142 valence electrons. The Hall–Kier alpha value is -2.48. The molecule has 0 amide bonds. The maximum Gasteiger partial charge on any atom is 0.414 e. The summed E-state index contributed by atoms with van der Waals surface area (Å²) >= 11 is 0.